The molecular formula is C21H21ClN2O4. The van der Waals surface area contributed by atoms with E-state index in [1.165, 1.54) is 7.11 Å². The molecule has 2 aliphatic rings. The number of hydrogen-bond donors (Lipinski definition) is 0. The molecule has 146 valence electrons. The van der Waals surface area contributed by atoms with E-state index in [1.807, 2.05) is 42.5 Å². The van der Waals surface area contributed by atoms with Gasteiger partial charge in [0.2, 0.25) is 5.91 Å². The monoisotopic (exact) mass is 400 g/mol. The highest BCUT2D eigenvalue weighted by Gasteiger charge is 2.61. The zero-order chi connectivity index (χ0) is 20.1. The van der Waals surface area contributed by atoms with E-state index >= 15 is 0 Å². The molecule has 0 unspecified atom stereocenters. The summed E-state index contributed by atoms with van der Waals surface area (Å²) in [5, 5.41) is 2.16. The van der Waals surface area contributed by atoms with Crippen LogP contribution in [-0.4, -0.2) is 43.2 Å². The molecule has 1 saturated heterocycles. The number of hydrogen-bond acceptors (Lipinski definition) is 5. The number of amides is 1. The summed E-state index contributed by atoms with van der Waals surface area (Å²) in [5.41, 5.74) is 0.352. The van der Waals surface area contributed by atoms with Gasteiger partial charge in [0, 0.05) is 29.7 Å². The number of methoxy groups -OCH3 is 1. The fraction of sp³-hybridized carbons (Fsp3) is 0.333. The van der Waals surface area contributed by atoms with Crippen LogP contribution in [0.1, 0.15) is 24.5 Å². The van der Waals surface area contributed by atoms with Crippen molar-refractivity contribution in [1.29, 1.82) is 0 Å². The van der Waals surface area contributed by atoms with E-state index < -0.39 is 17.1 Å². The Balaban J connectivity index is 2.04. The zero-order valence-corrected chi connectivity index (χ0v) is 16.7. The largest absolute Gasteiger partial charge is 0.467 e. The molecule has 0 aromatic heterocycles. The number of carbonyl (C=O) groups is 2. The van der Waals surface area contributed by atoms with Crippen LogP contribution in [0.4, 0.5) is 5.69 Å². The molecule has 0 N–H and O–H groups in total. The normalized spacial score (nSPS) is 27.1. The van der Waals surface area contributed by atoms with Gasteiger partial charge in [0.15, 0.2) is 5.60 Å². The molecule has 2 aromatic carbocycles. The minimum absolute atomic E-state index is 0.00965. The van der Waals surface area contributed by atoms with Crippen LogP contribution >= 0.6 is 11.6 Å². The molecule has 2 heterocycles. The van der Waals surface area contributed by atoms with Gasteiger partial charge < -0.3 is 9.64 Å². The summed E-state index contributed by atoms with van der Waals surface area (Å²) in [7, 11) is 3.06. The highest BCUT2D eigenvalue weighted by Crippen LogP contribution is 2.54. The summed E-state index contributed by atoms with van der Waals surface area (Å²) in [5.74, 6) is -0.629. The lowest BCUT2D eigenvalue weighted by molar-refractivity contribution is -0.222. The maximum atomic E-state index is 12.9. The number of benzene rings is 2. The van der Waals surface area contributed by atoms with Gasteiger partial charge in [-0.1, -0.05) is 41.9 Å². The number of hydroxylamine groups is 2. The van der Waals surface area contributed by atoms with E-state index in [2.05, 4.69) is 0 Å². The van der Waals surface area contributed by atoms with Gasteiger partial charge in [-0.25, -0.2) is 4.79 Å². The molecule has 6 nitrogen and oxygen atoms in total. The van der Waals surface area contributed by atoms with E-state index in [9.17, 15) is 9.59 Å². The van der Waals surface area contributed by atoms with Gasteiger partial charge >= 0.3 is 5.97 Å². The summed E-state index contributed by atoms with van der Waals surface area (Å²) in [6.45, 7) is 1.68. The number of nitrogens with zero attached hydrogens (tertiary/aromatic N) is 2. The van der Waals surface area contributed by atoms with Crippen LogP contribution in [0, 0.1) is 0 Å². The molecule has 2 atom stereocenters. The lowest BCUT2D eigenvalue weighted by Crippen LogP contribution is -2.43. The number of anilines is 1. The minimum Gasteiger partial charge on any atom is -0.467 e. The van der Waals surface area contributed by atoms with E-state index in [4.69, 9.17) is 21.2 Å². The van der Waals surface area contributed by atoms with Crippen molar-refractivity contribution >= 4 is 29.2 Å². The van der Waals surface area contributed by atoms with Crippen molar-refractivity contribution in [3.8, 4) is 0 Å². The summed E-state index contributed by atoms with van der Waals surface area (Å²) < 4.78 is 5.00. The number of halogens is 1. The first-order valence-corrected chi connectivity index (χ1v) is 9.37. The minimum atomic E-state index is -1.24. The molecule has 4 rings (SSSR count). The highest BCUT2D eigenvalue weighted by atomic mass is 35.5. The molecule has 0 bridgehead atoms. The molecule has 0 saturated carbocycles. The Morgan fingerprint density at radius 2 is 1.93 bits per heavy atom. The average Bonchev–Trinajstić information content (AvgIpc) is 2.97. The van der Waals surface area contributed by atoms with E-state index in [1.54, 1.807) is 30.0 Å². The first-order chi connectivity index (χ1) is 13.3. The van der Waals surface area contributed by atoms with Crippen molar-refractivity contribution in [2.75, 3.05) is 25.6 Å². The Kier molecular flexibility index (Phi) is 4.45. The Hall–Kier alpha value is -2.41. The average molecular weight is 401 g/mol. The lowest BCUT2D eigenvalue weighted by atomic mass is 9.75. The number of carbonyl (C=O) groups excluding carboxylic acids is 2. The van der Waals surface area contributed by atoms with Crippen LogP contribution in [0.5, 0.6) is 0 Å². The van der Waals surface area contributed by atoms with Crippen molar-refractivity contribution in [3.05, 3.63) is 64.7 Å². The van der Waals surface area contributed by atoms with Crippen LogP contribution in [0.3, 0.4) is 0 Å². The van der Waals surface area contributed by atoms with Gasteiger partial charge in [-0.05, 0) is 30.7 Å². The van der Waals surface area contributed by atoms with Crippen molar-refractivity contribution in [1.82, 2.24) is 5.06 Å². The maximum absolute atomic E-state index is 12.9. The first kappa shape index (κ1) is 18.9. The van der Waals surface area contributed by atoms with Crippen molar-refractivity contribution in [3.63, 3.8) is 0 Å². The fourth-order valence-corrected chi connectivity index (χ4v) is 4.43. The Bertz CT molecular complexity index is 951. The van der Waals surface area contributed by atoms with Crippen LogP contribution in [0.25, 0.3) is 0 Å². The van der Waals surface area contributed by atoms with Gasteiger partial charge in [-0.3, -0.25) is 9.63 Å². The SMILES string of the molecule is COC(=O)[C@]1(C)C[C@@]2(c3ccccc3)c3cc(Cl)ccc3N(C)C(=O)CN2O1. The maximum Gasteiger partial charge on any atom is 0.340 e. The van der Waals surface area contributed by atoms with Crippen LogP contribution in [-0.2, 0) is 24.7 Å². The van der Waals surface area contributed by atoms with Gasteiger partial charge in [0.25, 0.3) is 0 Å². The fourth-order valence-electron chi connectivity index (χ4n) is 4.26. The number of fused-ring (bicyclic) bond motifs is 3. The molecular weight excluding hydrogens is 380 g/mol. The molecule has 28 heavy (non-hydrogen) atoms. The Labute approximate surface area is 168 Å². The van der Waals surface area contributed by atoms with Gasteiger partial charge in [0.1, 0.15) is 12.1 Å². The van der Waals surface area contributed by atoms with Crippen molar-refractivity contribution < 1.29 is 19.2 Å². The molecule has 2 aromatic rings. The molecule has 1 amide bonds. The Morgan fingerprint density at radius 1 is 1.21 bits per heavy atom. The number of likely N-dealkylation sites (N-methyl/N-ethyl adjacent to an activating group) is 1. The van der Waals surface area contributed by atoms with Crippen molar-refractivity contribution in [2.45, 2.75) is 24.5 Å². The second-order valence-electron chi connectivity index (χ2n) is 7.37. The summed E-state index contributed by atoms with van der Waals surface area (Å²) in [6.07, 6.45) is 0.283. The number of rotatable bonds is 2. The molecule has 2 aliphatic heterocycles. The van der Waals surface area contributed by atoms with Crippen molar-refractivity contribution in [2.24, 2.45) is 0 Å². The summed E-state index contributed by atoms with van der Waals surface area (Å²) in [6, 6.07) is 15.2. The van der Waals surface area contributed by atoms with Gasteiger partial charge in [0.05, 0.1) is 7.11 Å². The molecule has 7 heteroatoms. The van der Waals surface area contributed by atoms with Crippen LogP contribution < -0.4 is 4.90 Å². The molecule has 0 radical (unpaired) electrons. The first-order valence-electron chi connectivity index (χ1n) is 8.99. The van der Waals surface area contributed by atoms with Gasteiger partial charge in [-0.2, -0.15) is 5.06 Å². The third-order valence-corrected chi connectivity index (χ3v) is 5.85. The Morgan fingerprint density at radius 3 is 2.61 bits per heavy atom. The summed E-state index contributed by atoms with van der Waals surface area (Å²) >= 11 is 6.36. The zero-order valence-electron chi connectivity index (χ0n) is 15.9. The third kappa shape index (κ3) is 2.64. The molecule has 0 spiro atoms. The number of ether oxygens (including phenoxy) is 1. The predicted molar refractivity (Wildman–Crippen MR) is 105 cm³/mol. The smallest absolute Gasteiger partial charge is 0.340 e. The highest BCUT2D eigenvalue weighted by molar-refractivity contribution is 6.30. The molecule has 1 fully saturated rings. The summed E-state index contributed by atoms with van der Waals surface area (Å²) in [4.78, 5) is 33.2. The quantitative estimate of drug-likeness (QED) is 0.725. The van der Waals surface area contributed by atoms with Gasteiger partial charge in [-0.15, -0.1) is 0 Å². The standard InChI is InChI=1S/C21H21ClN2O4/c1-20(19(26)27-3)13-21(14-7-5-4-6-8-14)16-11-15(22)9-10-17(16)23(2)18(25)12-24(21)28-20/h4-11H,12-13H2,1-3H3/t20-,21+/m0/s1. The predicted octanol–water partition coefficient (Wildman–Crippen LogP) is 3.13. The number of esters is 1. The van der Waals surface area contributed by atoms with E-state index in [0.717, 1.165) is 16.8 Å². The van der Waals surface area contributed by atoms with Crippen LogP contribution in [0.15, 0.2) is 48.5 Å². The topological polar surface area (TPSA) is 59.1 Å². The second kappa shape index (κ2) is 6.58. The molecule has 0 aliphatic carbocycles. The van der Waals surface area contributed by atoms with E-state index in [-0.39, 0.29) is 18.9 Å². The lowest BCUT2D eigenvalue weighted by Gasteiger charge is -2.36. The third-order valence-electron chi connectivity index (χ3n) is 5.62. The van der Waals surface area contributed by atoms with E-state index in [0.29, 0.717) is 5.02 Å². The second-order valence-corrected chi connectivity index (χ2v) is 7.80. The van der Waals surface area contributed by atoms with Crippen LogP contribution in [0.2, 0.25) is 5.02 Å².